The lowest BCUT2D eigenvalue weighted by molar-refractivity contribution is 0.108. The number of hydrogen-bond acceptors (Lipinski definition) is 5. The maximum Gasteiger partial charge on any atom is 0.208 e. The van der Waals surface area contributed by atoms with E-state index in [1.165, 1.54) is 12.2 Å². The van der Waals surface area contributed by atoms with Gasteiger partial charge in [0.05, 0.1) is 18.8 Å². The van der Waals surface area contributed by atoms with Crippen LogP contribution < -0.4 is 0 Å². The van der Waals surface area contributed by atoms with Crippen LogP contribution >= 0.6 is 0 Å². The number of hydrogen-bond donors (Lipinski definition) is 0. The van der Waals surface area contributed by atoms with Crippen LogP contribution in [0.4, 0.5) is 0 Å². The van der Waals surface area contributed by atoms with Crippen LogP contribution in [0.1, 0.15) is 48.1 Å². The molecule has 2 aromatic rings. The fourth-order valence-corrected chi connectivity index (χ4v) is 3.52. The Balaban J connectivity index is 1.26. The number of oxazole rings is 1. The molecule has 0 bridgehead atoms. The van der Waals surface area contributed by atoms with Crippen LogP contribution in [0.2, 0.25) is 0 Å². The molecule has 2 aromatic heterocycles. The third-order valence-corrected chi connectivity index (χ3v) is 5.43. The van der Waals surface area contributed by atoms with Crippen molar-refractivity contribution >= 4 is 0 Å². The topological polar surface area (TPSA) is 45.7 Å². The Kier molecular flexibility index (Phi) is 4.22. The molecule has 2 fully saturated rings. The molecule has 2 atom stereocenters. The molecule has 3 heterocycles. The van der Waals surface area contributed by atoms with Crippen LogP contribution in [-0.4, -0.2) is 41.0 Å². The maximum absolute atomic E-state index is 6.04. The summed E-state index contributed by atoms with van der Waals surface area (Å²) < 4.78 is 11.7. The second-order valence-electron chi connectivity index (χ2n) is 7.43. The molecule has 1 saturated carbocycles. The van der Waals surface area contributed by atoms with Crippen LogP contribution in [0.25, 0.3) is 0 Å². The summed E-state index contributed by atoms with van der Waals surface area (Å²) in [5.74, 6) is 5.54. The third kappa shape index (κ3) is 3.42. The Morgan fingerprint density at radius 3 is 2.29 bits per heavy atom. The summed E-state index contributed by atoms with van der Waals surface area (Å²) in [6.45, 7) is 12.2. The SMILES string of the molecule is Cc1nc(CN2CCN(Cc3ccc([C@H]4C[C@H]4C)o3)CC2)oc1C. The summed E-state index contributed by atoms with van der Waals surface area (Å²) in [5, 5.41) is 0. The van der Waals surface area contributed by atoms with Gasteiger partial charge in [0.1, 0.15) is 17.3 Å². The van der Waals surface area contributed by atoms with Crippen LogP contribution in [0, 0.1) is 19.8 Å². The Hall–Kier alpha value is -1.59. The van der Waals surface area contributed by atoms with E-state index in [0.29, 0.717) is 5.92 Å². The maximum atomic E-state index is 6.04. The van der Waals surface area contributed by atoms with Crippen molar-refractivity contribution < 1.29 is 8.83 Å². The summed E-state index contributed by atoms with van der Waals surface area (Å²) in [4.78, 5) is 9.38. The largest absolute Gasteiger partial charge is 0.464 e. The van der Waals surface area contributed by atoms with E-state index in [0.717, 1.165) is 68.3 Å². The Bertz CT molecular complexity index is 678. The molecule has 5 heteroatoms. The van der Waals surface area contributed by atoms with Gasteiger partial charge in [0.25, 0.3) is 0 Å². The van der Waals surface area contributed by atoms with Gasteiger partial charge in [-0.15, -0.1) is 0 Å². The zero-order valence-corrected chi connectivity index (χ0v) is 14.9. The van der Waals surface area contributed by atoms with Gasteiger partial charge < -0.3 is 8.83 Å². The highest BCUT2D eigenvalue weighted by atomic mass is 16.4. The highest BCUT2D eigenvalue weighted by Crippen LogP contribution is 2.47. The van der Waals surface area contributed by atoms with Crippen molar-refractivity contribution in [1.82, 2.24) is 14.8 Å². The van der Waals surface area contributed by atoms with Crippen molar-refractivity contribution in [3.05, 3.63) is 41.0 Å². The van der Waals surface area contributed by atoms with E-state index in [9.17, 15) is 0 Å². The summed E-state index contributed by atoms with van der Waals surface area (Å²) >= 11 is 0. The van der Waals surface area contributed by atoms with E-state index in [4.69, 9.17) is 8.83 Å². The standard InChI is InChI=1S/C19H27N3O2/c1-13-10-17(13)18-5-4-16(24-18)11-21-6-8-22(9-7-21)12-19-20-14(2)15(3)23-19/h4-5,13,17H,6-12H2,1-3H3/t13-,17+/m1/s1. The van der Waals surface area contributed by atoms with Crippen LogP contribution in [0.15, 0.2) is 21.0 Å². The molecule has 4 rings (SSSR count). The molecule has 130 valence electrons. The monoisotopic (exact) mass is 329 g/mol. The highest BCUT2D eigenvalue weighted by molar-refractivity contribution is 5.17. The first kappa shape index (κ1) is 15.9. The van der Waals surface area contributed by atoms with Crippen LogP contribution in [0.3, 0.4) is 0 Å². The van der Waals surface area contributed by atoms with E-state index in [-0.39, 0.29) is 0 Å². The highest BCUT2D eigenvalue weighted by Gasteiger charge is 2.36. The van der Waals surface area contributed by atoms with Gasteiger partial charge in [-0.05, 0) is 38.3 Å². The zero-order valence-electron chi connectivity index (χ0n) is 14.9. The quantitative estimate of drug-likeness (QED) is 0.842. The minimum absolute atomic E-state index is 0.670. The molecule has 0 radical (unpaired) electrons. The van der Waals surface area contributed by atoms with Crippen molar-refractivity contribution in [1.29, 1.82) is 0 Å². The number of aryl methyl sites for hydroxylation is 2. The molecule has 1 saturated heterocycles. The van der Waals surface area contributed by atoms with Crippen molar-refractivity contribution in [2.75, 3.05) is 26.2 Å². The van der Waals surface area contributed by atoms with Crippen molar-refractivity contribution in [2.24, 2.45) is 5.92 Å². The van der Waals surface area contributed by atoms with Gasteiger partial charge in [-0.25, -0.2) is 4.98 Å². The lowest BCUT2D eigenvalue weighted by Crippen LogP contribution is -2.45. The fraction of sp³-hybridized carbons (Fsp3) is 0.632. The molecule has 0 aromatic carbocycles. The molecule has 1 aliphatic carbocycles. The normalized spacial score (nSPS) is 25.3. The number of nitrogens with zero attached hydrogens (tertiary/aromatic N) is 3. The van der Waals surface area contributed by atoms with Gasteiger partial charge in [0.15, 0.2) is 0 Å². The van der Waals surface area contributed by atoms with E-state index < -0.39 is 0 Å². The molecule has 2 aliphatic rings. The number of rotatable bonds is 5. The first-order valence-electron chi connectivity index (χ1n) is 9.04. The van der Waals surface area contributed by atoms with Gasteiger partial charge in [-0.3, -0.25) is 9.80 Å². The summed E-state index contributed by atoms with van der Waals surface area (Å²) in [5.41, 5.74) is 1.00. The summed E-state index contributed by atoms with van der Waals surface area (Å²) in [6.07, 6.45) is 1.28. The van der Waals surface area contributed by atoms with Crippen molar-refractivity contribution in [3.8, 4) is 0 Å². The molecular weight excluding hydrogens is 302 g/mol. The Morgan fingerprint density at radius 2 is 1.71 bits per heavy atom. The predicted octanol–water partition coefficient (Wildman–Crippen LogP) is 3.33. The first-order chi connectivity index (χ1) is 11.6. The molecule has 5 nitrogen and oxygen atoms in total. The fourth-order valence-electron chi connectivity index (χ4n) is 3.52. The summed E-state index contributed by atoms with van der Waals surface area (Å²) in [7, 11) is 0. The molecule has 1 aliphatic heterocycles. The van der Waals surface area contributed by atoms with Gasteiger partial charge >= 0.3 is 0 Å². The molecule has 24 heavy (non-hydrogen) atoms. The minimum atomic E-state index is 0.670. The Labute approximate surface area is 143 Å². The molecule has 0 N–H and O–H groups in total. The van der Waals surface area contributed by atoms with Crippen LogP contribution in [0.5, 0.6) is 0 Å². The number of aromatic nitrogens is 1. The zero-order chi connectivity index (χ0) is 16.7. The van der Waals surface area contributed by atoms with Gasteiger partial charge in [0, 0.05) is 32.1 Å². The van der Waals surface area contributed by atoms with E-state index in [1.54, 1.807) is 0 Å². The van der Waals surface area contributed by atoms with Gasteiger partial charge in [0.2, 0.25) is 5.89 Å². The van der Waals surface area contributed by atoms with Gasteiger partial charge in [-0.1, -0.05) is 6.92 Å². The minimum Gasteiger partial charge on any atom is -0.464 e. The van der Waals surface area contributed by atoms with Crippen LogP contribution in [-0.2, 0) is 13.1 Å². The molecular formula is C19H27N3O2. The van der Waals surface area contributed by atoms with E-state index >= 15 is 0 Å². The average Bonchev–Trinajstić information content (AvgIpc) is 2.97. The second kappa shape index (κ2) is 6.37. The average molecular weight is 329 g/mol. The lowest BCUT2D eigenvalue weighted by Gasteiger charge is -2.33. The molecule has 0 unspecified atom stereocenters. The number of furan rings is 1. The van der Waals surface area contributed by atoms with Gasteiger partial charge in [-0.2, -0.15) is 0 Å². The second-order valence-corrected chi connectivity index (χ2v) is 7.43. The predicted molar refractivity (Wildman–Crippen MR) is 91.8 cm³/mol. The third-order valence-electron chi connectivity index (χ3n) is 5.43. The smallest absolute Gasteiger partial charge is 0.208 e. The lowest BCUT2D eigenvalue weighted by atomic mass is 10.2. The molecule has 0 amide bonds. The molecule has 0 spiro atoms. The van der Waals surface area contributed by atoms with Crippen molar-refractivity contribution in [2.45, 2.75) is 46.2 Å². The first-order valence-corrected chi connectivity index (χ1v) is 9.04. The number of piperazine rings is 1. The van der Waals surface area contributed by atoms with E-state index in [1.807, 2.05) is 13.8 Å². The van der Waals surface area contributed by atoms with Crippen molar-refractivity contribution in [3.63, 3.8) is 0 Å². The Morgan fingerprint density at radius 1 is 1.04 bits per heavy atom. The summed E-state index contributed by atoms with van der Waals surface area (Å²) in [6, 6.07) is 4.33. The van der Waals surface area contributed by atoms with E-state index in [2.05, 4.69) is 33.8 Å².